The number of carbonyl (C=O) groups is 1. The molecule has 1 heterocycles. The van der Waals surface area contributed by atoms with Gasteiger partial charge in [-0.2, -0.15) is 0 Å². The van der Waals surface area contributed by atoms with Crippen molar-refractivity contribution in [2.45, 2.75) is 26.3 Å². The van der Waals surface area contributed by atoms with Gasteiger partial charge in [-0.05, 0) is 48.7 Å². The number of nitrogens with one attached hydrogen (secondary N) is 1. The van der Waals surface area contributed by atoms with Crippen LogP contribution in [0.5, 0.6) is 17.2 Å². The van der Waals surface area contributed by atoms with E-state index in [2.05, 4.69) is 12.2 Å². The van der Waals surface area contributed by atoms with Crippen molar-refractivity contribution >= 4 is 5.91 Å². The lowest BCUT2D eigenvalue weighted by Gasteiger charge is -2.21. The first-order valence-corrected chi connectivity index (χ1v) is 8.56. The average Bonchev–Trinajstić information content (AvgIpc) is 2.66. The number of aryl methyl sites for hydroxylation is 1. The summed E-state index contributed by atoms with van der Waals surface area (Å²) in [4.78, 5) is 12.1. The number of fused-ring (bicyclic) bond motifs is 1. The SMILES string of the molecule is CCc1ccc(OCC(=O)NC(C)c2ccc3c(c2)OCCO3)cc1. The summed E-state index contributed by atoms with van der Waals surface area (Å²) in [5.74, 6) is 1.99. The second kappa shape index (κ2) is 7.92. The Morgan fingerprint density at radius 2 is 1.84 bits per heavy atom. The Bertz CT molecular complexity index is 727. The molecular formula is C20H23NO4. The van der Waals surface area contributed by atoms with Gasteiger partial charge in [0.25, 0.3) is 5.91 Å². The van der Waals surface area contributed by atoms with Crippen LogP contribution in [0.15, 0.2) is 42.5 Å². The van der Waals surface area contributed by atoms with Crippen LogP contribution in [0.3, 0.4) is 0 Å². The second-order valence-electron chi connectivity index (χ2n) is 5.98. The molecule has 1 aliphatic rings. The van der Waals surface area contributed by atoms with Crippen LogP contribution in [-0.4, -0.2) is 25.7 Å². The Hall–Kier alpha value is -2.69. The molecule has 1 amide bonds. The van der Waals surface area contributed by atoms with Crippen LogP contribution in [0.25, 0.3) is 0 Å². The molecule has 0 aliphatic carbocycles. The molecule has 1 unspecified atom stereocenters. The van der Waals surface area contributed by atoms with Gasteiger partial charge in [0.05, 0.1) is 6.04 Å². The topological polar surface area (TPSA) is 56.8 Å². The summed E-state index contributed by atoms with van der Waals surface area (Å²) in [5.41, 5.74) is 2.20. The predicted octanol–water partition coefficient (Wildman–Crippen LogP) is 3.28. The van der Waals surface area contributed by atoms with Crippen LogP contribution >= 0.6 is 0 Å². The highest BCUT2D eigenvalue weighted by atomic mass is 16.6. The van der Waals surface area contributed by atoms with Gasteiger partial charge in [0, 0.05) is 0 Å². The number of carbonyl (C=O) groups excluding carboxylic acids is 1. The first-order chi connectivity index (χ1) is 12.2. The van der Waals surface area contributed by atoms with Crippen molar-refractivity contribution in [3.63, 3.8) is 0 Å². The fraction of sp³-hybridized carbons (Fsp3) is 0.350. The molecule has 0 radical (unpaired) electrons. The summed E-state index contributed by atoms with van der Waals surface area (Å²) in [5, 5.41) is 2.94. The number of ether oxygens (including phenoxy) is 3. The van der Waals surface area contributed by atoms with Gasteiger partial charge in [-0.3, -0.25) is 4.79 Å². The van der Waals surface area contributed by atoms with Gasteiger partial charge in [0.15, 0.2) is 18.1 Å². The molecule has 0 bridgehead atoms. The maximum absolute atomic E-state index is 12.1. The van der Waals surface area contributed by atoms with Crippen LogP contribution in [-0.2, 0) is 11.2 Å². The molecule has 2 aromatic rings. The summed E-state index contributed by atoms with van der Waals surface area (Å²) in [6.07, 6.45) is 0.980. The van der Waals surface area contributed by atoms with Gasteiger partial charge in [-0.1, -0.05) is 25.1 Å². The Balaban J connectivity index is 1.53. The molecule has 5 nitrogen and oxygen atoms in total. The fourth-order valence-corrected chi connectivity index (χ4v) is 2.67. The van der Waals surface area contributed by atoms with Crippen molar-refractivity contribution in [2.75, 3.05) is 19.8 Å². The molecule has 0 aromatic heterocycles. The van der Waals surface area contributed by atoms with Crippen LogP contribution in [0, 0.1) is 0 Å². The van der Waals surface area contributed by atoms with Crippen molar-refractivity contribution < 1.29 is 19.0 Å². The van der Waals surface area contributed by atoms with Crippen LogP contribution < -0.4 is 19.5 Å². The van der Waals surface area contributed by atoms with Gasteiger partial charge in [-0.15, -0.1) is 0 Å². The van der Waals surface area contributed by atoms with E-state index in [0.29, 0.717) is 19.0 Å². The first-order valence-electron chi connectivity index (χ1n) is 8.56. The number of hydrogen-bond acceptors (Lipinski definition) is 4. The average molecular weight is 341 g/mol. The molecule has 3 rings (SSSR count). The molecule has 132 valence electrons. The van der Waals surface area contributed by atoms with E-state index in [1.807, 2.05) is 49.4 Å². The zero-order valence-electron chi connectivity index (χ0n) is 14.6. The number of amides is 1. The minimum atomic E-state index is -0.165. The largest absolute Gasteiger partial charge is 0.486 e. The maximum Gasteiger partial charge on any atom is 0.258 e. The van der Waals surface area contributed by atoms with Crippen molar-refractivity contribution in [1.82, 2.24) is 5.32 Å². The lowest BCUT2D eigenvalue weighted by atomic mass is 10.1. The smallest absolute Gasteiger partial charge is 0.258 e. The van der Waals surface area contributed by atoms with E-state index in [-0.39, 0.29) is 18.6 Å². The number of hydrogen-bond donors (Lipinski definition) is 1. The zero-order chi connectivity index (χ0) is 17.6. The van der Waals surface area contributed by atoms with Crippen molar-refractivity contribution in [3.05, 3.63) is 53.6 Å². The molecular weight excluding hydrogens is 318 g/mol. The lowest BCUT2D eigenvalue weighted by molar-refractivity contribution is -0.123. The zero-order valence-corrected chi connectivity index (χ0v) is 14.6. The van der Waals surface area contributed by atoms with Crippen LogP contribution in [0.2, 0.25) is 0 Å². The molecule has 25 heavy (non-hydrogen) atoms. The van der Waals surface area contributed by atoms with E-state index < -0.39 is 0 Å². The van der Waals surface area contributed by atoms with Crippen molar-refractivity contribution in [2.24, 2.45) is 0 Å². The third-order valence-corrected chi connectivity index (χ3v) is 4.15. The second-order valence-corrected chi connectivity index (χ2v) is 5.98. The summed E-state index contributed by atoms with van der Waals surface area (Å²) in [6.45, 7) is 5.12. The van der Waals surface area contributed by atoms with Crippen LogP contribution in [0.4, 0.5) is 0 Å². The van der Waals surface area contributed by atoms with E-state index in [0.717, 1.165) is 23.5 Å². The number of benzene rings is 2. The third kappa shape index (κ3) is 4.44. The highest BCUT2D eigenvalue weighted by Gasteiger charge is 2.16. The molecule has 2 aromatic carbocycles. The quantitative estimate of drug-likeness (QED) is 0.876. The summed E-state index contributed by atoms with van der Waals surface area (Å²) >= 11 is 0. The van der Waals surface area contributed by atoms with Crippen molar-refractivity contribution in [1.29, 1.82) is 0 Å². The minimum absolute atomic E-state index is 0.0135. The van der Waals surface area contributed by atoms with Gasteiger partial charge in [0.2, 0.25) is 0 Å². The molecule has 0 saturated heterocycles. The standard InChI is InChI=1S/C20H23NO4/c1-3-15-4-7-17(8-5-15)25-13-20(22)21-14(2)16-6-9-18-19(12-16)24-11-10-23-18/h4-9,12,14H,3,10-11,13H2,1-2H3,(H,21,22). The van der Waals surface area contributed by atoms with Crippen LogP contribution in [0.1, 0.15) is 31.0 Å². The molecule has 0 spiro atoms. The molecule has 1 atom stereocenters. The predicted molar refractivity (Wildman–Crippen MR) is 95.3 cm³/mol. The van der Waals surface area contributed by atoms with E-state index in [4.69, 9.17) is 14.2 Å². The first kappa shape index (κ1) is 17.1. The molecule has 1 N–H and O–H groups in total. The Kier molecular flexibility index (Phi) is 5.43. The van der Waals surface area contributed by atoms with Gasteiger partial charge in [-0.25, -0.2) is 0 Å². The fourth-order valence-electron chi connectivity index (χ4n) is 2.67. The monoisotopic (exact) mass is 341 g/mol. The van der Waals surface area contributed by atoms with Gasteiger partial charge in [0.1, 0.15) is 19.0 Å². The summed E-state index contributed by atoms with van der Waals surface area (Å²) in [7, 11) is 0. The maximum atomic E-state index is 12.1. The highest BCUT2D eigenvalue weighted by Crippen LogP contribution is 2.32. The lowest BCUT2D eigenvalue weighted by Crippen LogP contribution is -2.31. The Morgan fingerprint density at radius 3 is 2.56 bits per heavy atom. The summed E-state index contributed by atoms with van der Waals surface area (Å²) < 4.78 is 16.6. The van der Waals surface area contributed by atoms with Crippen molar-refractivity contribution in [3.8, 4) is 17.2 Å². The third-order valence-electron chi connectivity index (χ3n) is 4.15. The minimum Gasteiger partial charge on any atom is -0.486 e. The number of rotatable bonds is 6. The van der Waals surface area contributed by atoms with E-state index in [1.54, 1.807) is 0 Å². The van der Waals surface area contributed by atoms with E-state index in [1.165, 1.54) is 5.56 Å². The van der Waals surface area contributed by atoms with E-state index >= 15 is 0 Å². The highest BCUT2D eigenvalue weighted by molar-refractivity contribution is 5.78. The molecule has 5 heteroatoms. The Morgan fingerprint density at radius 1 is 1.12 bits per heavy atom. The Labute approximate surface area is 147 Å². The summed E-state index contributed by atoms with van der Waals surface area (Å²) in [6, 6.07) is 13.3. The van der Waals surface area contributed by atoms with Gasteiger partial charge < -0.3 is 19.5 Å². The normalized spacial score (nSPS) is 13.8. The molecule has 1 aliphatic heterocycles. The van der Waals surface area contributed by atoms with Gasteiger partial charge >= 0.3 is 0 Å². The molecule has 0 fully saturated rings. The molecule has 0 saturated carbocycles. The van der Waals surface area contributed by atoms with E-state index in [9.17, 15) is 4.79 Å².